The Morgan fingerprint density at radius 1 is 1.41 bits per heavy atom. The zero-order chi connectivity index (χ0) is 15.1. The molecule has 7 nitrogen and oxygen atoms in total. The van der Waals surface area contributed by atoms with Gasteiger partial charge in [0, 0.05) is 17.8 Å². The fourth-order valence-corrected chi connectivity index (χ4v) is 2.63. The Labute approximate surface area is 125 Å². The minimum Gasteiger partial charge on any atom is -0.474 e. The number of pyridine rings is 2. The normalized spacial score (nSPS) is 13.7. The smallest absolute Gasteiger partial charge is 0.252 e. The van der Waals surface area contributed by atoms with Crippen LogP contribution in [-0.2, 0) is 0 Å². The molecule has 110 valence electrons. The molecule has 7 heteroatoms. The van der Waals surface area contributed by atoms with E-state index in [1.54, 1.807) is 18.3 Å². The lowest BCUT2D eigenvalue weighted by molar-refractivity contribution is 0.100. The second-order valence-electron chi connectivity index (χ2n) is 4.97. The second-order valence-corrected chi connectivity index (χ2v) is 4.97. The fraction of sp³-hybridized carbons (Fsp3) is 0.133. The summed E-state index contributed by atoms with van der Waals surface area (Å²) in [5.41, 5.74) is 7.38. The number of primary amides is 1. The molecule has 0 saturated heterocycles. The molecule has 1 aliphatic heterocycles. The highest BCUT2D eigenvalue weighted by atomic mass is 16.5. The van der Waals surface area contributed by atoms with Gasteiger partial charge in [0.05, 0.1) is 12.1 Å². The van der Waals surface area contributed by atoms with Gasteiger partial charge in [0.15, 0.2) is 0 Å². The van der Waals surface area contributed by atoms with Crippen molar-refractivity contribution in [2.75, 3.05) is 18.1 Å². The summed E-state index contributed by atoms with van der Waals surface area (Å²) in [6, 6.07) is 7.26. The first-order chi connectivity index (χ1) is 10.7. The first-order valence-corrected chi connectivity index (χ1v) is 6.87. The molecule has 0 bridgehead atoms. The van der Waals surface area contributed by atoms with Crippen molar-refractivity contribution < 1.29 is 9.53 Å². The van der Waals surface area contributed by atoms with E-state index < -0.39 is 5.91 Å². The van der Waals surface area contributed by atoms with Gasteiger partial charge in [-0.3, -0.25) is 4.79 Å². The number of aromatic amines is 1. The number of nitrogens with one attached hydrogen (secondary N) is 1. The summed E-state index contributed by atoms with van der Waals surface area (Å²) in [5, 5.41) is 0.964. The van der Waals surface area contributed by atoms with Crippen molar-refractivity contribution in [3.63, 3.8) is 0 Å². The van der Waals surface area contributed by atoms with E-state index in [4.69, 9.17) is 10.5 Å². The lowest BCUT2D eigenvalue weighted by atomic mass is 10.2. The molecular weight excluding hydrogens is 282 g/mol. The van der Waals surface area contributed by atoms with Crippen LogP contribution >= 0.6 is 0 Å². The highest BCUT2D eigenvalue weighted by molar-refractivity contribution is 5.99. The summed E-state index contributed by atoms with van der Waals surface area (Å²) >= 11 is 0. The third-order valence-corrected chi connectivity index (χ3v) is 3.63. The maximum absolute atomic E-state index is 11.7. The van der Waals surface area contributed by atoms with Gasteiger partial charge in [-0.25, -0.2) is 4.98 Å². The van der Waals surface area contributed by atoms with Crippen molar-refractivity contribution in [2.45, 2.75) is 0 Å². The SMILES string of the molecule is NC(=O)c1cccnc1N1CCOc2nc3[nH]ccc3cc21. The van der Waals surface area contributed by atoms with Gasteiger partial charge >= 0.3 is 0 Å². The van der Waals surface area contributed by atoms with E-state index in [-0.39, 0.29) is 0 Å². The number of rotatable bonds is 2. The van der Waals surface area contributed by atoms with Crippen molar-refractivity contribution in [2.24, 2.45) is 5.73 Å². The molecule has 1 amide bonds. The number of fused-ring (bicyclic) bond motifs is 2. The summed E-state index contributed by atoms with van der Waals surface area (Å²) in [6.45, 7) is 1.03. The van der Waals surface area contributed by atoms with E-state index in [2.05, 4.69) is 15.0 Å². The lowest BCUT2D eigenvalue weighted by Gasteiger charge is -2.30. The molecule has 0 atom stereocenters. The second kappa shape index (κ2) is 4.73. The van der Waals surface area contributed by atoms with Crippen LogP contribution in [0.5, 0.6) is 5.88 Å². The maximum atomic E-state index is 11.7. The molecule has 4 rings (SSSR count). The number of nitrogens with two attached hydrogens (primary N) is 1. The molecule has 0 radical (unpaired) electrons. The first kappa shape index (κ1) is 12.6. The number of hydrogen-bond donors (Lipinski definition) is 2. The van der Waals surface area contributed by atoms with Crippen LogP contribution in [0.25, 0.3) is 11.0 Å². The quantitative estimate of drug-likeness (QED) is 0.748. The zero-order valence-electron chi connectivity index (χ0n) is 11.6. The number of nitrogens with zero attached hydrogens (tertiary/aromatic N) is 3. The van der Waals surface area contributed by atoms with Gasteiger partial charge in [-0.2, -0.15) is 4.98 Å². The molecule has 3 N–H and O–H groups in total. The topological polar surface area (TPSA) is 97.1 Å². The Kier molecular flexibility index (Phi) is 2.72. The minimum atomic E-state index is -0.508. The Bertz CT molecular complexity index is 873. The van der Waals surface area contributed by atoms with Crippen molar-refractivity contribution >= 4 is 28.4 Å². The van der Waals surface area contributed by atoms with E-state index in [0.29, 0.717) is 30.4 Å². The molecule has 22 heavy (non-hydrogen) atoms. The molecule has 0 unspecified atom stereocenters. The number of anilines is 2. The van der Waals surface area contributed by atoms with Gasteiger partial charge in [0.2, 0.25) is 5.88 Å². The monoisotopic (exact) mass is 295 g/mol. The van der Waals surface area contributed by atoms with E-state index in [1.807, 2.05) is 23.2 Å². The number of ether oxygens (including phenoxy) is 1. The molecule has 4 heterocycles. The van der Waals surface area contributed by atoms with Crippen LogP contribution in [0.4, 0.5) is 11.5 Å². The molecule has 3 aromatic rings. The van der Waals surface area contributed by atoms with Crippen LogP contribution in [0.3, 0.4) is 0 Å². The zero-order valence-corrected chi connectivity index (χ0v) is 11.6. The molecule has 1 aliphatic rings. The summed E-state index contributed by atoms with van der Waals surface area (Å²) in [4.78, 5) is 25.4. The largest absolute Gasteiger partial charge is 0.474 e. The highest BCUT2D eigenvalue weighted by Gasteiger charge is 2.25. The van der Waals surface area contributed by atoms with Crippen LogP contribution in [0, 0.1) is 0 Å². The number of H-pyrrole nitrogens is 1. The summed E-state index contributed by atoms with van der Waals surface area (Å²) < 4.78 is 5.64. The van der Waals surface area contributed by atoms with Crippen molar-refractivity contribution in [1.29, 1.82) is 0 Å². The molecule has 0 aliphatic carbocycles. The van der Waals surface area contributed by atoms with E-state index in [1.165, 1.54) is 0 Å². The molecule has 0 spiro atoms. The summed E-state index contributed by atoms with van der Waals surface area (Å²) in [7, 11) is 0. The Morgan fingerprint density at radius 3 is 3.18 bits per heavy atom. The lowest BCUT2D eigenvalue weighted by Crippen LogP contribution is -2.31. The molecule has 0 fully saturated rings. The fourth-order valence-electron chi connectivity index (χ4n) is 2.63. The number of carbonyl (C=O) groups excluding carboxylic acids is 1. The van der Waals surface area contributed by atoms with Gasteiger partial charge < -0.3 is 20.4 Å². The predicted octanol–water partition coefficient (Wildman–Crippen LogP) is 1.59. The number of amides is 1. The van der Waals surface area contributed by atoms with Crippen molar-refractivity contribution in [3.8, 4) is 5.88 Å². The number of hydrogen-bond acceptors (Lipinski definition) is 5. The van der Waals surface area contributed by atoms with Crippen LogP contribution in [0.2, 0.25) is 0 Å². The third-order valence-electron chi connectivity index (χ3n) is 3.63. The Balaban J connectivity index is 1.90. The highest BCUT2D eigenvalue weighted by Crippen LogP contribution is 2.37. The molecule has 0 saturated carbocycles. The molecule has 3 aromatic heterocycles. The van der Waals surface area contributed by atoms with Gasteiger partial charge in [-0.1, -0.05) is 0 Å². The average Bonchev–Trinajstić information content (AvgIpc) is 2.99. The molecular formula is C15H13N5O2. The Hall–Kier alpha value is -3.09. The van der Waals surface area contributed by atoms with Crippen molar-refractivity contribution in [1.82, 2.24) is 15.0 Å². The minimum absolute atomic E-state index is 0.379. The Morgan fingerprint density at radius 2 is 2.32 bits per heavy atom. The van der Waals surface area contributed by atoms with Crippen LogP contribution in [0.1, 0.15) is 10.4 Å². The van der Waals surface area contributed by atoms with Crippen LogP contribution in [-0.4, -0.2) is 34.0 Å². The van der Waals surface area contributed by atoms with E-state index in [0.717, 1.165) is 16.7 Å². The standard InChI is InChI=1S/C15H13N5O2/c16-12(21)10-2-1-4-18-14(10)20-6-7-22-15-11(20)8-9-3-5-17-13(9)19-15/h1-5,8H,6-7H2,(H2,16,21)(H,17,19). The van der Waals surface area contributed by atoms with E-state index >= 15 is 0 Å². The maximum Gasteiger partial charge on any atom is 0.252 e. The summed E-state index contributed by atoms with van der Waals surface area (Å²) in [5.74, 6) is 0.533. The first-order valence-electron chi connectivity index (χ1n) is 6.87. The number of carbonyl (C=O) groups is 1. The third kappa shape index (κ3) is 1.86. The van der Waals surface area contributed by atoms with Crippen LogP contribution in [0.15, 0.2) is 36.7 Å². The van der Waals surface area contributed by atoms with Gasteiger partial charge in [-0.15, -0.1) is 0 Å². The van der Waals surface area contributed by atoms with E-state index in [9.17, 15) is 4.79 Å². The number of aromatic nitrogens is 3. The molecule has 0 aromatic carbocycles. The average molecular weight is 295 g/mol. The van der Waals surface area contributed by atoms with Crippen molar-refractivity contribution in [3.05, 3.63) is 42.2 Å². The predicted molar refractivity (Wildman–Crippen MR) is 81.3 cm³/mol. The van der Waals surface area contributed by atoms with Gasteiger partial charge in [-0.05, 0) is 24.3 Å². The van der Waals surface area contributed by atoms with Gasteiger partial charge in [0.25, 0.3) is 5.91 Å². The van der Waals surface area contributed by atoms with Gasteiger partial charge in [0.1, 0.15) is 23.8 Å². The summed E-state index contributed by atoms with van der Waals surface area (Å²) in [6.07, 6.45) is 3.46. The van der Waals surface area contributed by atoms with Crippen LogP contribution < -0.4 is 15.4 Å².